The number of rotatable bonds is 6. The summed E-state index contributed by atoms with van der Waals surface area (Å²) in [5, 5.41) is 13.0. The Labute approximate surface area is 150 Å². The molecule has 3 aromatic rings. The van der Waals surface area contributed by atoms with E-state index in [1.807, 2.05) is 12.1 Å². The molecule has 0 atom stereocenters. The fraction of sp³-hybridized carbons (Fsp3) is 0.412. The zero-order chi connectivity index (χ0) is 17.4. The lowest BCUT2D eigenvalue weighted by Gasteiger charge is -2.04. The van der Waals surface area contributed by atoms with Crippen molar-refractivity contribution < 1.29 is 4.52 Å². The van der Waals surface area contributed by atoms with Crippen molar-refractivity contribution in [1.29, 1.82) is 0 Å². The molecule has 1 aliphatic carbocycles. The molecule has 25 heavy (non-hydrogen) atoms. The zero-order valence-corrected chi connectivity index (χ0v) is 15.0. The Bertz CT molecular complexity index is 866. The third kappa shape index (κ3) is 3.39. The van der Waals surface area contributed by atoms with Crippen LogP contribution in [0.5, 0.6) is 0 Å². The third-order valence-electron chi connectivity index (χ3n) is 4.26. The lowest BCUT2D eigenvalue weighted by atomic mass is 10.0. The molecule has 1 aliphatic rings. The van der Waals surface area contributed by atoms with Gasteiger partial charge in [-0.15, -0.1) is 10.2 Å². The van der Waals surface area contributed by atoms with E-state index >= 15 is 0 Å². The lowest BCUT2D eigenvalue weighted by Crippen LogP contribution is -2.13. The first-order valence-electron chi connectivity index (χ1n) is 8.38. The maximum Gasteiger partial charge on any atom is 0.237 e. The van der Waals surface area contributed by atoms with Gasteiger partial charge in [0.05, 0.1) is 5.75 Å². The Kier molecular flexibility index (Phi) is 4.20. The van der Waals surface area contributed by atoms with Gasteiger partial charge in [0.15, 0.2) is 5.82 Å². The van der Waals surface area contributed by atoms with Crippen LogP contribution in [0, 0.1) is 0 Å². The molecular formula is C17H20N6OS. The number of nitrogens with two attached hydrogens (primary N) is 1. The summed E-state index contributed by atoms with van der Waals surface area (Å²) in [6.45, 7) is 4.34. The molecule has 0 unspecified atom stereocenters. The van der Waals surface area contributed by atoms with Gasteiger partial charge in [0, 0.05) is 11.5 Å². The van der Waals surface area contributed by atoms with Crippen molar-refractivity contribution in [1.82, 2.24) is 25.0 Å². The van der Waals surface area contributed by atoms with E-state index in [9.17, 15) is 0 Å². The molecule has 2 N–H and O–H groups in total. The summed E-state index contributed by atoms with van der Waals surface area (Å²) in [6, 6.07) is 8.24. The maximum absolute atomic E-state index is 6.05. The van der Waals surface area contributed by atoms with Crippen molar-refractivity contribution in [3.8, 4) is 11.4 Å². The topological polar surface area (TPSA) is 95.7 Å². The standard InChI is InChI=1S/C17H20N6OS/c1-10(2)11-3-5-12(6-4-11)15-19-14(24-22-15)9-25-17-21-20-16(23(17)18)13-7-8-13/h3-6,10,13H,7-9,18H2,1-2H3. The van der Waals surface area contributed by atoms with Crippen molar-refractivity contribution >= 4 is 11.8 Å². The van der Waals surface area contributed by atoms with Gasteiger partial charge in [-0.1, -0.05) is 55.0 Å². The second-order valence-corrected chi connectivity index (χ2v) is 7.50. The van der Waals surface area contributed by atoms with E-state index in [1.54, 1.807) is 4.68 Å². The normalized spacial score (nSPS) is 14.4. The Hall–Kier alpha value is -2.35. The number of benzene rings is 1. The number of nitrogen functional groups attached to an aromatic ring is 1. The minimum atomic E-state index is 0.468. The van der Waals surface area contributed by atoms with Crippen molar-refractivity contribution in [3.63, 3.8) is 0 Å². The highest BCUT2D eigenvalue weighted by Crippen LogP contribution is 2.39. The molecule has 1 fully saturated rings. The highest BCUT2D eigenvalue weighted by Gasteiger charge is 2.30. The molecule has 0 amide bonds. The van der Waals surface area contributed by atoms with Crippen LogP contribution in [0.3, 0.4) is 0 Å². The van der Waals surface area contributed by atoms with E-state index < -0.39 is 0 Å². The molecule has 8 heteroatoms. The molecule has 7 nitrogen and oxygen atoms in total. The van der Waals surface area contributed by atoms with Gasteiger partial charge in [0.2, 0.25) is 16.9 Å². The summed E-state index contributed by atoms with van der Waals surface area (Å²) < 4.78 is 6.92. The van der Waals surface area contributed by atoms with Crippen molar-refractivity contribution in [3.05, 3.63) is 41.5 Å². The predicted molar refractivity (Wildman–Crippen MR) is 95.5 cm³/mol. The summed E-state index contributed by atoms with van der Waals surface area (Å²) in [4.78, 5) is 4.46. The lowest BCUT2D eigenvalue weighted by molar-refractivity contribution is 0.391. The number of aromatic nitrogens is 5. The summed E-state index contributed by atoms with van der Waals surface area (Å²) >= 11 is 1.45. The third-order valence-corrected chi connectivity index (χ3v) is 5.19. The van der Waals surface area contributed by atoms with E-state index in [4.69, 9.17) is 10.4 Å². The van der Waals surface area contributed by atoms with Crippen LogP contribution in [0.4, 0.5) is 0 Å². The van der Waals surface area contributed by atoms with Gasteiger partial charge in [0.1, 0.15) is 0 Å². The minimum absolute atomic E-state index is 0.468. The van der Waals surface area contributed by atoms with E-state index in [1.165, 1.54) is 17.3 Å². The molecule has 2 heterocycles. The monoisotopic (exact) mass is 356 g/mol. The maximum atomic E-state index is 6.05. The van der Waals surface area contributed by atoms with E-state index in [-0.39, 0.29) is 0 Å². The van der Waals surface area contributed by atoms with Crippen LogP contribution in [-0.4, -0.2) is 25.0 Å². The molecular weight excluding hydrogens is 336 g/mol. The first-order valence-corrected chi connectivity index (χ1v) is 9.36. The van der Waals surface area contributed by atoms with Crippen molar-refractivity contribution in [2.24, 2.45) is 0 Å². The Morgan fingerprint density at radius 1 is 1.24 bits per heavy atom. The first-order chi connectivity index (χ1) is 12.1. The quantitative estimate of drug-likeness (QED) is 0.534. The SMILES string of the molecule is CC(C)c1ccc(-c2noc(CSc3nnc(C4CC4)n3N)n2)cc1. The second-order valence-electron chi connectivity index (χ2n) is 6.56. The summed E-state index contributed by atoms with van der Waals surface area (Å²) in [5.74, 6) is 9.53. The van der Waals surface area contributed by atoms with Gasteiger partial charge in [-0.2, -0.15) is 4.98 Å². The predicted octanol–water partition coefficient (Wildman–Crippen LogP) is 3.34. The largest absolute Gasteiger partial charge is 0.338 e. The number of thioether (sulfide) groups is 1. The Morgan fingerprint density at radius 2 is 2.00 bits per heavy atom. The van der Waals surface area contributed by atoms with Crippen LogP contribution in [0.15, 0.2) is 33.9 Å². The van der Waals surface area contributed by atoms with Crippen LogP contribution in [0.1, 0.15) is 55.8 Å². The number of hydrogen-bond donors (Lipinski definition) is 1. The highest BCUT2D eigenvalue weighted by atomic mass is 32.2. The molecule has 0 radical (unpaired) electrons. The van der Waals surface area contributed by atoms with E-state index in [0.29, 0.717) is 34.5 Å². The van der Waals surface area contributed by atoms with Gasteiger partial charge < -0.3 is 10.4 Å². The Balaban J connectivity index is 1.42. The summed E-state index contributed by atoms with van der Waals surface area (Å²) in [7, 11) is 0. The van der Waals surface area contributed by atoms with E-state index in [2.05, 4.69) is 46.3 Å². The summed E-state index contributed by atoms with van der Waals surface area (Å²) in [5.41, 5.74) is 2.24. The van der Waals surface area contributed by atoms with Crippen LogP contribution in [-0.2, 0) is 5.75 Å². The van der Waals surface area contributed by atoms with E-state index in [0.717, 1.165) is 24.2 Å². The number of nitrogens with zero attached hydrogens (tertiary/aromatic N) is 5. The van der Waals surface area contributed by atoms with Crippen molar-refractivity contribution in [2.45, 2.75) is 49.4 Å². The average molecular weight is 356 g/mol. The molecule has 0 saturated heterocycles. The average Bonchev–Trinajstić information content (AvgIpc) is 3.23. The molecule has 130 valence electrons. The zero-order valence-electron chi connectivity index (χ0n) is 14.2. The van der Waals surface area contributed by atoms with Gasteiger partial charge in [-0.25, -0.2) is 4.68 Å². The number of hydrogen-bond acceptors (Lipinski definition) is 7. The molecule has 2 aromatic heterocycles. The molecule has 1 aromatic carbocycles. The van der Waals surface area contributed by atoms with Crippen LogP contribution >= 0.6 is 11.8 Å². The van der Waals surface area contributed by atoms with Crippen LogP contribution in [0.25, 0.3) is 11.4 Å². The highest BCUT2D eigenvalue weighted by molar-refractivity contribution is 7.98. The molecule has 1 saturated carbocycles. The Morgan fingerprint density at radius 3 is 2.68 bits per heavy atom. The van der Waals surface area contributed by atoms with Gasteiger partial charge in [-0.3, -0.25) is 0 Å². The first kappa shape index (κ1) is 16.1. The van der Waals surface area contributed by atoms with Gasteiger partial charge in [-0.05, 0) is 24.3 Å². The molecule has 4 rings (SSSR count). The smallest absolute Gasteiger partial charge is 0.237 e. The molecule has 0 bridgehead atoms. The molecule has 0 spiro atoms. The van der Waals surface area contributed by atoms with Crippen LogP contribution in [0.2, 0.25) is 0 Å². The molecule has 0 aliphatic heterocycles. The fourth-order valence-corrected chi connectivity index (χ4v) is 3.28. The fourth-order valence-electron chi connectivity index (χ4n) is 2.58. The second kappa shape index (κ2) is 6.51. The summed E-state index contributed by atoms with van der Waals surface area (Å²) in [6.07, 6.45) is 2.28. The van der Waals surface area contributed by atoms with Crippen molar-refractivity contribution in [2.75, 3.05) is 5.84 Å². The van der Waals surface area contributed by atoms with Crippen LogP contribution < -0.4 is 5.84 Å². The van der Waals surface area contributed by atoms with Gasteiger partial charge >= 0.3 is 0 Å². The minimum Gasteiger partial charge on any atom is -0.338 e. The van der Waals surface area contributed by atoms with Gasteiger partial charge in [0.25, 0.3) is 0 Å².